The summed E-state index contributed by atoms with van der Waals surface area (Å²) in [7, 11) is 1.29. The van der Waals surface area contributed by atoms with Gasteiger partial charge in [0.15, 0.2) is 0 Å². The van der Waals surface area contributed by atoms with E-state index >= 15 is 0 Å². The molecule has 2 heterocycles. The van der Waals surface area contributed by atoms with E-state index in [0.29, 0.717) is 17.1 Å². The van der Waals surface area contributed by atoms with E-state index in [2.05, 4.69) is 15.0 Å². The van der Waals surface area contributed by atoms with Gasteiger partial charge in [0, 0.05) is 34.7 Å². The van der Waals surface area contributed by atoms with E-state index in [9.17, 15) is 14.4 Å². The lowest BCUT2D eigenvalue weighted by Gasteiger charge is -2.24. The van der Waals surface area contributed by atoms with E-state index in [4.69, 9.17) is 4.99 Å². The first-order chi connectivity index (χ1) is 18.0. The van der Waals surface area contributed by atoms with Crippen LogP contribution in [0.2, 0.25) is 0 Å². The number of carbonyl (C=O) groups excluding carboxylic acids is 3. The predicted molar refractivity (Wildman–Crippen MR) is 142 cm³/mol. The van der Waals surface area contributed by atoms with Gasteiger partial charge in [-0.15, -0.1) is 0 Å². The van der Waals surface area contributed by atoms with E-state index in [1.54, 1.807) is 12.1 Å². The lowest BCUT2D eigenvalue weighted by Crippen LogP contribution is -2.47. The normalized spacial score (nSPS) is 15.3. The molecule has 3 aromatic carbocycles. The van der Waals surface area contributed by atoms with Crippen LogP contribution in [0, 0.1) is 0 Å². The number of H-pyrrole nitrogens is 1. The molecule has 0 saturated heterocycles. The molecule has 4 aromatic rings. The highest BCUT2D eigenvalue weighted by Crippen LogP contribution is 2.28. The summed E-state index contributed by atoms with van der Waals surface area (Å²) >= 11 is 0. The summed E-state index contributed by atoms with van der Waals surface area (Å²) < 4.78 is 4.67. The maximum Gasteiger partial charge on any atom is 0.330 e. The Balaban J connectivity index is 1.56. The number of anilines is 1. The number of aromatic amines is 1. The standard InChI is InChI=1S/C29H24N4O4/c1-37-25(34)16-9-17-33-24-15-8-6-13-21(24)26(19-10-3-2-4-11-19)31-27(29(33)36)32-28(35)23-18-20-12-5-7-14-22(20)30-23/h2-16,18,27,30H,17H2,1H3,(H,32,35)/b16-9+. The number of nitrogens with one attached hydrogen (secondary N) is 2. The van der Waals surface area contributed by atoms with Crippen molar-refractivity contribution in [3.8, 4) is 0 Å². The number of rotatable bonds is 6. The molecule has 1 atom stereocenters. The average molecular weight is 493 g/mol. The number of amides is 2. The summed E-state index contributed by atoms with van der Waals surface area (Å²) in [6, 6.07) is 26.2. The van der Waals surface area contributed by atoms with Crippen molar-refractivity contribution in [1.29, 1.82) is 0 Å². The number of aromatic nitrogens is 1. The van der Waals surface area contributed by atoms with Gasteiger partial charge in [0.25, 0.3) is 11.8 Å². The molecule has 0 saturated carbocycles. The number of hydrogen-bond donors (Lipinski definition) is 2. The van der Waals surface area contributed by atoms with Crippen LogP contribution in [0.5, 0.6) is 0 Å². The third kappa shape index (κ3) is 4.90. The van der Waals surface area contributed by atoms with E-state index in [0.717, 1.165) is 22.0 Å². The Morgan fingerprint density at radius 1 is 1.03 bits per heavy atom. The second-order valence-corrected chi connectivity index (χ2v) is 8.38. The number of aliphatic imine (C=N–C) groups is 1. The molecule has 0 spiro atoms. The zero-order valence-electron chi connectivity index (χ0n) is 20.0. The number of hydrogen-bond acceptors (Lipinski definition) is 5. The summed E-state index contributed by atoms with van der Waals surface area (Å²) in [5, 5.41) is 3.68. The monoisotopic (exact) mass is 492 g/mol. The number of benzodiazepines with no additional fused rings is 1. The molecule has 37 heavy (non-hydrogen) atoms. The van der Waals surface area contributed by atoms with Crippen molar-refractivity contribution in [2.75, 3.05) is 18.6 Å². The number of fused-ring (bicyclic) bond motifs is 2. The Labute approximate surface area is 213 Å². The molecule has 5 rings (SSSR count). The minimum Gasteiger partial charge on any atom is -0.466 e. The maximum atomic E-state index is 13.8. The minimum absolute atomic E-state index is 0.0846. The molecule has 0 aliphatic carbocycles. The van der Waals surface area contributed by atoms with Crippen LogP contribution in [0.4, 0.5) is 5.69 Å². The van der Waals surface area contributed by atoms with Gasteiger partial charge in [-0.25, -0.2) is 9.79 Å². The number of esters is 1. The SMILES string of the molecule is COC(=O)/C=C/CN1C(=O)C(NC(=O)c2cc3ccccc3[nH]2)N=C(c2ccccc2)c2ccccc21. The second kappa shape index (κ2) is 10.3. The number of benzene rings is 3. The lowest BCUT2D eigenvalue weighted by atomic mass is 10.0. The van der Waals surface area contributed by atoms with Crippen molar-refractivity contribution in [3.05, 3.63) is 114 Å². The summed E-state index contributed by atoms with van der Waals surface area (Å²) in [6.07, 6.45) is 1.61. The van der Waals surface area contributed by atoms with Gasteiger partial charge in [0.1, 0.15) is 5.69 Å². The smallest absolute Gasteiger partial charge is 0.330 e. The van der Waals surface area contributed by atoms with Gasteiger partial charge in [0.2, 0.25) is 6.17 Å². The summed E-state index contributed by atoms with van der Waals surface area (Å²) in [5.41, 5.74) is 3.87. The molecule has 0 fully saturated rings. The largest absolute Gasteiger partial charge is 0.466 e. The van der Waals surface area contributed by atoms with Crippen LogP contribution in [0.15, 0.2) is 102 Å². The molecule has 2 N–H and O–H groups in total. The summed E-state index contributed by atoms with van der Waals surface area (Å²) in [5.74, 6) is -1.42. The molecule has 2 amide bonds. The topological polar surface area (TPSA) is 104 Å². The van der Waals surface area contributed by atoms with Crippen molar-refractivity contribution in [2.45, 2.75) is 6.17 Å². The average Bonchev–Trinajstić information content (AvgIpc) is 3.34. The molecule has 0 radical (unpaired) electrons. The first-order valence-electron chi connectivity index (χ1n) is 11.7. The van der Waals surface area contributed by atoms with Crippen molar-refractivity contribution >= 4 is 40.1 Å². The quantitative estimate of drug-likeness (QED) is 0.315. The predicted octanol–water partition coefficient (Wildman–Crippen LogP) is 3.84. The van der Waals surface area contributed by atoms with Gasteiger partial charge in [-0.05, 0) is 18.2 Å². The van der Waals surface area contributed by atoms with E-state index < -0.39 is 23.9 Å². The third-order valence-corrected chi connectivity index (χ3v) is 6.04. The zero-order chi connectivity index (χ0) is 25.8. The van der Waals surface area contributed by atoms with Crippen LogP contribution in [0.1, 0.15) is 21.6 Å². The van der Waals surface area contributed by atoms with Gasteiger partial charge in [-0.1, -0.05) is 72.8 Å². The number of methoxy groups -OCH3 is 1. The fourth-order valence-corrected chi connectivity index (χ4v) is 4.26. The Morgan fingerprint density at radius 2 is 1.76 bits per heavy atom. The molecule has 1 aliphatic heterocycles. The second-order valence-electron chi connectivity index (χ2n) is 8.38. The van der Waals surface area contributed by atoms with Gasteiger partial charge < -0.3 is 19.9 Å². The van der Waals surface area contributed by atoms with Crippen molar-refractivity contribution in [2.24, 2.45) is 4.99 Å². The number of nitrogens with zero attached hydrogens (tertiary/aromatic N) is 2. The molecular weight excluding hydrogens is 468 g/mol. The Hall–Kier alpha value is -4.98. The number of para-hydroxylation sites is 2. The molecule has 1 unspecified atom stereocenters. The summed E-state index contributed by atoms with van der Waals surface area (Å²) in [6.45, 7) is 0.0846. The van der Waals surface area contributed by atoms with Crippen LogP contribution >= 0.6 is 0 Å². The molecule has 8 heteroatoms. The molecule has 184 valence electrons. The van der Waals surface area contributed by atoms with Gasteiger partial charge in [0.05, 0.1) is 18.5 Å². The van der Waals surface area contributed by atoms with Crippen molar-refractivity contribution in [1.82, 2.24) is 10.3 Å². The fourth-order valence-electron chi connectivity index (χ4n) is 4.26. The molecule has 8 nitrogen and oxygen atoms in total. The van der Waals surface area contributed by atoms with Crippen LogP contribution in [-0.4, -0.2) is 48.3 Å². The molecule has 0 bridgehead atoms. The van der Waals surface area contributed by atoms with Crippen molar-refractivity contribution < 1.29 is 19.1 Å². The lowest BCUT2D eigenvalue weighted by molar-refractivity contribution is -0.134. The zero-order valence-corrected chi connectivity index (χ0v) is 20.0. The highest BCUT2D eigenvalue weighted by Gasteiger charge is 2.33. The van der Waals surface area contributed by atoms with Gasteiger partial charge in [-0.2, -0.15) is 0 Å². The fraction of sp³-hybridized carbons (Fsp3) is 0.103. The van der Waals surface area contributed by atoms with Crippen LogP contribution in [0.3, 0.4) is 0 Å². The molecule has 1 aliphatic rings. The van der Waals surface area contributed by atoms with Crippen LogP contribution in [-0.2, 0) is 14.3 Å². The number of carbonyl (C=O) groups is 3. The highest BCUT2D eigenvalue weighted by molar-refractivity contribution is 6.20. The summed E-state index contributed by atoms with van der Waals surface area (Å²) in [4.78, 5) is 48.0. The first kappa shape index (κ1) is 23.7. The van der Waals surface area contributed by atoms with E-state index in [1.807, 2.05) is 78.9 Å². The van der Waals surface area contributed by atoms with Crippen molar-refractivity contribution in [3.63, 3.8) is 0 Å². The van der Waals surface area contributed by atoms with Crippen LogP contribution < -0.4 is 10.2 Å². The van der Waals surface area contributed by atoms with Gasteiger partial charge >= 0.3 is 5.97 Å². The Morgan fingerprint density at radius 3 is 2.54 bits per heavy atom. The van der Waals surface area contributed by atoms with Crippen LogP contribution in [0.25, 0.3) is 10.9 Å². The van der Waals surface area contributed by atoms with E-state index in [-0.39, 0.29) is 6.54 Å². The first-order valence-corrected chi connectivity index (χ1v) is 11.7. The molecule has 1 aromatic heterocycles. The minimum atomic E-state index is -1.20. The molecular formula is C29H24N4O4. The highest BCUT2D eigenvalue weighted by atomic mass is 16.5. The Bertz CT molecular complexity index is 1500. The van der Waals surface area contributed by atoms with Gasteiger partial charge in [-0.3, -0.25) is 9.59 Å². The van der Waals surface area contributed by atoms with E-state index in [1.165, 1.54) is 18.1 Å². The Kier molecular flexibility index (Phi) is 6.63. The maximum absolute atomic E-state index is 13.8. The number of ether oxygens (including phenoxy) is 1. The third-order valence-electron chi connectivity index (χ3n) is 6.04.